The molecule has 6 heteroatoms. The van der Waals surface area contributed by atoms with Gasteiger partial charge < -0.3 is 9.15 Å². The maximum absolute atomic E-state index is 11.4. The number of nitrogens with one attached hydrogen (secondary N) is 1. The molecular weight excluding hydrogens is 280 g/mol. The van der Waals surface area contributed by atoms with Crippen molar-refractivity contribution >= 4 is 17.5 Å². The fourth-order valence-corrected chi connectivity index (χ4v) is 2.02. The molecular formula is C14H15ClN2O3. The second-order valence-corrected chi connectivity index (χ2v) is 4.76. The molecule has 106 valence electrons. The normalized spacial score (nSPS) is 10.6. The SMILES string of the molecule is Cc1cc(COCc2cccc(Cl)c2)oc1C(=O)NN. The van der Waals surface area contributed by atoms with Gasteiger partial charge in [0.2, 0.25) is 0 Å². The Kier molecular flexibility index (Phi) is 4.79. The van der Waals surface area contributed by atoms with Crippen molar-refractivity contribution in [2.45, 2.75) is 20.1 Å². The molecule has 0 aliphatic rings. The second-order valence-electron chi connectivity index (χ2n) is 4.32. The Hall–Kier alpha value is -1.82. The maximum atomic E-state index is 11.4. The Balaban J connectivity index is 1.93. The Morgan fingerprint density at radius 1 is 1.40 bits per heavy atom. The lowest BCUT2D eigenvalue weighted by Crippen LogP contribution is -2.30. The lowest BCUT2D eigenvalue weighted by Gasteiger charge is -2.03. The van der Waals surface area contributed by atoms with E-state index in [1.165, 1.54) is 0 Å². The molecule has 2 aromatic rings. The predicted molar refractivity (Wildman–Crippen MR) is 75.0 cm³/mol. The minimum Gasteiger partial charge on any atom is -0.453 e. The number of hydrogen-bond acceptors (Lipinski definition) is 4. The van der Waals surface area contributed by atoms with E-state index in [2.05, 4.69) is 0 Å². The molecule has 0 aliphatic heterocycles. The first-order valence-corrected chi connectivity index (χ1v) is 6.40. The lowest BCUT2D eigenvalue weighted by atomic mass is 10.2. The molecule has 1 heterocycles. The van der Waals surface area contributed by atoms with E-state index in [0.717, 1.165) is 5.56 Å². The highest BCUT2D eigenvalue weighted by Gasteiger charge is 2.14. The van der Waals surface area contributed by atoms with Gasteiger partial charge in [0.1, 0.15) is 12.4 Å². The van der Waals surface area contributed by atoms with Gasteiger partial charge in [-0.2, -0.15) is 0 Å². The molecule has 5 nitrogen and oxygen atoms in total. The summed E-state index contributed by atoms with van der Waals surface area (Å²) in [6.45, 7) is 2.46. The fraction of sp³-hybridized carbons (Fsp3) is 0.214. The van der Waals surface area contributed by atoms with Gasteiger partial charge in [-0.05, 0) is 30.7 Å². The van der Waals surface area contributed by atoms with Crippen LogP contribution in [-0.2, 0) is 18.0 Å². The summed E-state index contributed by atoms with van der Waals surface area (Å²) in [5, 5.41) is 0.668. The minimum atomic E-state index is -0.455. The van der Waals surface area contributed by atoms with Gasteiger partial charge in [0, 0.05) is 10.6 Å². The van der Waals surface area contributed by atoms with Crippen LogP contribution < -0.4 is 11.3 Å². The highest BCUT2D eigenvalue weighted by molar-refractivity contribution is 6.30. The molecule has 3 N–H and O–H groups in total. The molecule has 1 amide bonds. The molecule has 20 heavy (non-hydrogen) atoms. The third-order valence-corrected chi connectivity index (χ3v) is 2.94. The molecule has 0 aliphatic carbocycles. The summed E-state index contributed by atoms with van der Waals surface area (Å²) in [5.41, 5.74) is 3.73. The summed E-state index contributed by atoms with van der Waals surface area (Å²) < 4.78 is 10.9. The van der Waals surface area contributed by atoms with Crippen LogP contribution in [0.15, 0.2) is 34.7 Å². The number of hydrogen-bond donors (Lipinski definition) is 2. The number of amides is 1. The largest absolute Gasteiger partial charge is 0.453 e. The fourth-order valence-electron chi connectivity index (χ4n) is 1.81. The Labute approximate surface area is 121 Å². The average molecular weight is 295 g/mol. The van der Waals surface area contributed by atoms with E-state index < -0.39 is 5.91 Å². The summed E-state index contributed by atoms with van der Waals surface area (Å²) in [5.74, 6) is 5.39. The van der Waals surface area contributed by atoms with E-state index in [1.54, 1.807) is 19.1 Å². The van der Waals surface area contributed by atoms with Crippen molar-refractivity contribution in [3.8, 4) is 0 Å². The summed E-state index contributed by atoms with van der Waals surface area (Å²) in [6.07, 6.45) is 0. The van der Waals surface area contributed by atoms with E-state index >= 15 is 0 Å². The van der Waals surface area contributed by atoms with Crippen LogP contribution in [0.2, 0.25) is 5.02 Å². The van der Waals surface area contributed by atoms with Crippen molar-refractivity contribution < 1.29 is 13.9 Å². The number of nitrogens with two attached hydrogens (primary N) is 1. The van der Waals surface area contributed by atoms with Gasteiger partial charge in [-0.25, -0.2) is 5.84 Å². The molecule has 0 atom stereocenters. The predicted octanol–water partition coefficient (Wildman–Crippen LogP) is 2.56. The first-order chi connectivity index (χ1) is 9.60. The van der Waals surface area contributed by atoms with Crippen molar-refractivity contribution in [1.29, 1.82) is 0 Å². The zero-order valence-corrected chi connectivity index (χ0v) is 11.7. The number of carbonyl (C=O) groups is 1. The third-order valence-electron chi connectivity index (χ3n) is 2.71. The maximum Gasteiger partial charge on any atom is 0.301 e. The molecule has 0 radical (unpaired) electrons. The first kappa shape index (κ1) is 14.6. The first-order valence-electron chi connectivity index (χ1n) is 6.02. The Morgan fingerprint density at radius 3 is 2.90 bits per heavy atom. The van der Waals surface area contributed by atoms with Crippen LogP contribution in [0.4, 0.5) is 0 Å². The van der Waals surface area contributed by atoms with Crippen molar-refractivity contribution in [3.05, 3.63) is 58.0 Å². The van der Waals surface area contributed by atoms with E-state index in [0.29, 0.717) is 23.0 Å². The Morgan fingerprint density at radius 2 is 2.20 bits per heavy atom. The Bertz CT molecular complexity index is 610. The highest BCUT2D eigenvalue weighted by Crippen LogP contribution is 2.16. The molecule has 0 spiro atoms. The number of carbonyl (C=O) groups excluding carboxylic acids is 1. The summed E-state index contributed by atoms with van der Waals surface area (Å²) in [7, 11) is 0. The third kappa shape index (κ3) is 3.60. The topological polar surface area (TPSA) is 77.5 Å². The molecule has 0 fully saturated rings. The van der Waals surface area contributed by atoms with Crippen molar-refractivity contribution in [1.82, 2.24) is 5.43 Å². The van der Waals surface area contributed by atoms with Crippen LogP contribution >= 0.6 is 11.6 Å². The smallest absolute Gasteiger partial charge is 0.301 e. The summed E-state index contributed by atoms with van der Waals surface area (Å²) in [4.78, 5) is 11.4. The van der Waals surface area contributed by atoms with Gasteiger partial charge in [-0.1, -0.05) is 23.7 Å². The van der Waals surface area contributed by atoms with Crippen LogP contribution in [0.1, 0.15) is 27.4 Å². The minimum absolute atomic E-state index is 0.203. The second kappa shape index (κ2) is 6.56. The monoisotopic (exact) mass is 294 g/mol. The van der Waals surface area contributed by atoms with Crippen LogP contribution in [0.3, 0.4) is 0 Å². The number of hydrazine groups is 1. The zero-order valence-electron chi connectivity index (χ0n) is 11.0. The van der Waals surface area contributed by atoms with Gasteiger partial charge in [0.05, 0.1) is 6.61 Å². The van der Waals surface area contributed by atoms with E-state index in [-0.39, 0.29) is 12.4 Å². The number of ether oxygens (including phenoxy) is 1. The van der Waals surface area contributed by atoms with Gasteiger partial charge in [0.15, 0.2) is 5.76 Å². The number of benzene rings is 1. The highest BCUT2D eigenvalue weighted by atomic mass is 35.5. The molecule has 0 bridgehead atoms. The van der Waals surface area contributed by atoms with Crippen molar-refractivity contribution in [2.24, 2.45) is 5.84 Å². The summed E-state index contributed by atoms with van der Waals surface area (Å²) in [6, 6.07) is 9.18. The molecule has 0 unspecified atom stereocenters. The van der Waals surface area contributed by atoms with Gasteiger partial charge >= 0.3 is 5.91 Å². The quantitative estimate of drug-likeness (QED) is 0.505. The molecule has 1 aromatic heterocycles. The number of halogens is 1. The van der Waals surface area contributed by atoms with Crippen LogP contribution in [0.5, 0.6) is 0 Å². The van der Waals surface area contributed by atoms with Gasteiger partial charge in [0.25, 0.3) is 0 Å². The molecule has 0 saturated carbocycles. The number of aryl methyl sites for hydroxylation is 1. The van der Waals surface area contributed by atoms with Crippen LogP contribution in [0.25, 0.3) is 0 Å². The van der Waals surface area contributed by atoms with E-state index in [4.69, 9.17) is 26.6 Å². The molecule has 1 aromatic carbocycles. The molecule has 2 rings (SSSR count). The lowest BCUT2D eigenvalue weighted by molar-refractivity contribution is 0.0855. The average Bonchev–Trinajstić information content (AvgIpc) is 2.79. The zero-order chi connectivity index (χ0) is 14.5. The van der Waals surface area contributed by atoms with Crippen LogP contribution in [0, 0.1) is 6.92 Å². The summed E-state index contributed by atoms with van der Waals surface area (Å²) >= 11 is 5.89. The number of rotatable bonds is 5. The van der Waals surface area contributed by atoms with Gasteiger partial charge in [-0.15, -0.1) is 0 Å². The van der Waals surface area contributed by atoms with E-state index in [9.17, 15) is 4.79 Å². The van der Waals surface area contributed by atoms with Crippen molar-refractivity contribution in [3.63, 3.8) is 0 Å². The van der Waals surface area contributed by atoms with Gasteiger partial charge in [-0.3, -0.25) is 10.2 Å². The molecule has 0 saturated heterocycles. The van der Waals surface area contributed by atoms with Crippen molar-refractivity contribution in [2.75, 3.05) is 0 Å². The van der Waals surface area contributed by atoms with E-state index in [1.807, 2.05) is 23.6 Å². The van der Waals surface area contributed by atoms with Crippen LogP contribution in [-0.4, -0.2) is 5.91 Å². The standard InChI is InChI=1S/C14H15ClN2O3/c1-9-5-12(20-13(9)14(18)17-16)8-19-7-10-3-2-4-11(15)6-10/h2-6H,7-8,16H2,1H3,(H,17,18). The number of nitrogen functional groups attached to an aromatic ring is 1. The number of furan rings is 1.